The topological polar surface area (TPSA) is 20.3 Å². The fraction of sp³-hybridized carbons (Fsp3) is 0.533. The monoisotopic (exact) mass is 265 g/mol. The van der Waals surface area contributed by atoms with E-state index in [1.165, 1.54) is 5.56 Å². The fourth-order valence-corrected chi connectivity index (χ4v) is 2.72. The van der Waals surface area contributed by atoms with Gasteiger partial charge in [0.25, 0.3) is 0 Å². The van der Waals surface area contributed by atoms with Gasteiger partial charge < -0.3 is 4.90 Å². The van der Waals surface area contributed by atoms with E-state index in [0.717, 1.165) is 32.4 Å². The van der Waals surface area contributed by atoms with Crippen molar-refractivity contribution in [2.75, 3.05) is 19.0 Å². The number of halogens is 1. The molecule has 1 heterocycles. The van der Waals surface area contributed by atoms with Crippen LogP contribution < -0.4 is 0 Å². The molecule has 1 aliphatic heterocycles. The van der Waals surface area contributed by atoms with E-state index in [-0.39, 0.29) is 5.91 Å². The molecule has 1 aromatic carbocycles. The molecular weight excluding hydrogens is 246 g/mol. The number of nitrogens with zero attached hydrogens (tertiary/aromatic N) is 1. The van der Waals surface area contributed by atoms with Gasteiger partial charge in [-0.3, -0.25) is 4.79 Å². The van der Waals surface area contributed by atoms with Gasteiger partial charge in [-0.1, -0.05) is 30.3 Å². The second-order valence-corrected chi connectivity index (χ2v) is 5.30. The van der Waals surface area contributed by atoms with Crippen LogP contribution >= 0.6 is 11.6 Å². The number of amides is 1. The van der Waals surface area contributed by atoms with Crippen LogP contribution in [0.4, 0.5) is 0 Å². The molecule has 1 aromatic rings. The van der Waals surface area contributed by atoms with Gasteiger partial charge in [-0.15, -0.1) is 11.6 Å². The van der Waals surface area contributed by atoms with Crippen LogP contribution in [0.15, 0.2) is 30.3 Å². The second kappa shape index (κ2) is 6.79. The van der Waals surface area contributed by atoms with E-state index in [0.29, 0.717) is 18.2 Å². The maximum atomic E-state index is 12.1. The summed E-state index contributed by atoms with van der Waals surface area (Å²) in [6.45, 7) is 1.75. The van der Waals surface area contributed by atoms with Crippen molar-refractivity contribution < 1.29 is 4.79 Å². The van der Waals surface area contributed by atoms with E-state index < -0.39 is 0 Å². The minimum Gasteiger partial charge on any atom is -0.342 e. The minimum absolute atomic E-state index is 0.272. The lowest BCUT2D eigenvalue weighted by molar-refractivity contribution is -0.132. The zero-order chi connectivity index (χ0) is 12.8. The third-order valence-electron chi connectivity index (χ3n) is 3.56. The van der Waals surface area contributed by atoms with Crippen molar-refractivity contribution in [1.82, 2.24) is 4.90 Å². The second-order valence-electron chi connectivity index (χ2n) is 4.99. The van der Waals surface area contributed by atoms with Crippen LogP contribution in [0.1, 0.15) is 24.8 Å². The molecule has 0 saturated carbocycles. The maximum absolute atomic E-state index is 12.1. The van der Waals surface area contributed by atoms with Gasteiger partial charge in [0.2, 0.25) is 5.91 Å². The van der Waals surface area contributed by atoms with Gasteiger partial charge in [0, 0.05) is 25.4 Å². The predicted octanol–water partition coefficient (Wildman–Crippen LogP) is 3.10. The number of carbonyl (C=O) groups is 1. The van der Waals surface area contributed by atoms with Crippen molar-refractivity contribution in [2.24, 2.45) is 5.92 Å². The summed E-state index contributed by atoms with van der Waals surface area (Å²) in [5, 5.41) is 0. The predicted molar refractivity (Wildman–Crippen MR) is 74.8 cm³/mol. The van der Waals surface area contributed by atoms with E-state index in [4.69, 9.17) is 11.6 Å². The SMILES string of the molecule is O=C(CCc1ccccc1)N1CCCC(CCl)C1. The Bertz CT molecular complexity index is 379. The largest absolute Gasteiger partial charge is 0.342 e. The number of carbonyl (C=O) groups excluding carboxylic acids is 1. The van der Waals surface area contributed by atoms with Gasteiger partial charge in [-0.2, -0.15) is 0 Å². The van der Waals surface area contributed by atoms with E-state index in [2.05, 4.69) is 12.1 Å². The van der Waals surface area contributed by atoms with Crippen LogP contribution in [0.2, 0.25) is 0 Å². The Labute approximate surface area is 114 Å². The molecule has 0 spiro atoms. The average molecular weight is 266 g/mol. The Morgan fingerprint density at radius 1 is 1.33 bits per heavy atom. The maximum Gasteiger partial charge on any atom is 0.222 e. The Morgan fingerprint density at radius 2 is 2.11 bits per heavy atom. The first kappa shape index (κ1) is 13.4. The lowest BCUT2D eigenvalue weighted by atomic mass is 9.99. The molecule has 0 aliphatic carbocycles. The number of likely N-dealkylation sites (tertiary alicyclic amines) is 1. The Morgan fingerprint density at radius 3 is 2.83 bits per heavy atom. The molecule has 98 valence electrons. The summed E-state index contributed by atoms with van der Waals surface area (Å²) in [5.74, 6) is 1.43. The fourth-order valence-electron chi connectivity index (χ4n) is 2.47. The third-order valence-corrected chi connectivity index (χ3v) is 4.00. The zero-order valence-electron chi connectivity index (χ0n) is 10.6. The first-order chi connectivity index (χ1) is 8.79. The highest BCUT2D eigenvalue weighted by Crippen LogP contribution is 2.18. The Kier molecular flexibility index (Phi) is 5.06. The molecule has 1 saturated heterocycles. The highest BCUT2D eigenvalue weighted by atomic mass is 35.5. The zero-order valence-corrected chi connectivity index (χ0v) is 11.4. The highest BCUT2D eigenvalue weighted by Gasteiger charge is 2.22. The van der Waals surface area contributed by atoms with Crippen LogP contribution in [0.25, 0.3) is 0 Å². The van der Waals surface area contributed by atoms with Gasteiger partial charge in [0.05, 0.1) is 0 Å². The van der Waals surface area contributed by atoms with Gasteiger partial charge >= 0.3 is 0 Å². The van der Waals surface area contributed by atoms with E-state index in [1.54, 1.807) is 0 Å². The summed E-state index contributed by atoms with van der Waals surface area (Å²) in [6, 6.07) is 10.2. The van der Waals surface area contributed by atoms with Gasteiger partial charge in [-0.05, 0) is 30.7 Å². The summed E-state index contributed by atoms with van der Waals surface area (Å²) >= 11 is 5.89. The van der Waals surface area contributed by atoms with Crippen LogP contribution in [0, 0.1) is 5.92 Å². The summed E-state index contributed by atoms with van der Waals surface area (Å²) in [5.41, 5.74) is 1.23. The Hall–Kier alpha value is -1.02. The molecule has 1 amide bonds. The number of hydrogen-bond donors (Lipinski definition) is 0. The number of rotatable bonds is 4. The number of aryl methyl sites for hydroxylation is 1. The van der Waals surface area contributed by atoms with Crippen molar-refractivity contribution >= 4 is 17.5 Å². The lowest BCUT2D eigenvalue weighted by Gasteiger charge is -2.32. The molecule has 0 aromatic heterocycles. The number of piperidine rings is 1. The van der Waals surface area contributed by atoms with Gasteiger partial charge in [0.1, 0.15) is 0 Å². The van der Waals surface area contributed by atoms with E-state index in [1.807, 2.05) is 23.1 Å². The summed E-state index contributed by atoms with van der Waals surface area (Å²) in [7, 11) is 0. The first-order valence-electron chi connectivity index (χ1n) is 6.67. The lowest BCUT2D eigenvalue weighted by Crippen LogP contribution is -2.40. The molecule has 3 heteroatoms. The number of benzene rings is 1. The minimum atomic E-state index is 0.272. The molecular formula is C15H20ClNO. The number of hydrogen-bond acceptors (Lipinski definition) is 1. The van der Waals surface area contributed by atoms with Crippen LogP contribution in [0.3, 0.4) is 0 Å². The van der Waals surface area contributed by atoms with Crippen molar-refractivity contribution in [3.05, 3.63) is 35.9 Å². The smallest absolute Gasteiger partial charge is 0.222 e. The molecule has 0 N–H and O–H groups in total. The van der Waals surface area contributed by atoms with E-state index >= 15 is 0 Å². The van der Waals surface area contributed by atoms with Crippen molar-refractivity contribution in [2.45, 2.75) is 25.7 Å². The van der Waals surface area contributed by atoms with E-state index in [9.17, 15) is 4.79 Å². The molecule has 18 heavy (non-hydrogen) atoms. The molecule has 2 rings (SSSR count). The summed E-state index contributed by atoms with van der Waals surface area (Å²) in [6.07, 6.45) is 3.70. The van der Waals surface area contributed by atoms with Crippen molar-refractivity contribution in [3.8, 4) is 0 Å². The summed E-state index contributed by atoms with van der Waals surface area (Å²) < 4.78 is 0. The van der Waals surface area contributed by atoms with Crippen molar-refractivity contribution in [1.29, 1.82) is 0 Å². The highest BCUT2D eigenvalue weighted by molar-refractivity contribution is 6.18. The van der Waals surface area contributed by atoms with Gasteiger partial charge in [-0.25, -0.2) is 0 Å². The van der Waals surface area contributed by atoms with Gasteiger partial charge in [0.15, 0.2) is 0 Å². The third kappa shape index (κ3) is 3.74. The quantitative estimate of drug-likeness (QED) is 0.766. The summed E-state index contributed by atoms with van der Waals surface area (Å²) in [4.78, 5) is 14.1. The Balaban J connectivity index is 1.81. The standard InChI is InChI=1S/C15H20ClNO/c16-11-14-7-4-10-17(12-14)15(18)9-8-13-5-2-1-3-6-13/h1-3,5-6,14H,4,7-12H2. The molecule has 1 atom stereocenters. The molecule has 1 aliphatic rings. The molecule has 1 unspecified atom stereocenters. The molecule has 1 fully saturated rings. The number of alkyl halides is 1. The normalized spacial score (nSPS) is 19.8. The average Bonchev–Trinajstić information content (AvgIpc) is 2.46. The first-order valence-corrected chi connectivity index (χ1v) is 7.20. The molecule has 2 nitrogen and oxygen atoms in total. The van der Waals surface area contributed by atoms with Crippen LogP contribution in [-0.2, 0) is 11.2 Å². The molecule has 0 bridgehead atoms. The van der Waals surface area contributed by atoms with Crippen LogP contribution in [0.5, 0.6) is 0 Å². The van der Waals surface area contributed by atoms with Crippen LogP contribution in [-0.4, -0.2) is 29.8 Å². The molecule has 0 radical (unpaired) electrons. The van der Waals surface area contributed by atoms with Crippen molar-refractivity contribution in [3.63, 3.8) is 0 Å².